The average Bonchev–Trinajstić information content (AvgIpc) is 2.67. The summed E-state index contributed by atoms with van der Waals surface area (Å²) in [6.07, 6.45) is 1.66. The number of aromatic nitrogens is 1. The summed E-state index contributed by atoms with van der Waals surface area (Å²) in [4.78, 5) is 27.1. The Bertz CT molecular complexity index is 1000. The maximum atomic E-state index is 13.1. The summed E-state index contributed by atoms with van der Waals surface area (Å²) in [6.45, 7) is 6.97. The molecule has 0 aliphatic carbocycles. The average molecular weight is 360 g/mol. The highest BCUT2D eigenvalue weighted by atomic mass is 16.2. The zero-order valence-electron chi connectivity index (χ0n) is 16.0. The number of carbonyl (C=O) groups excluding carboxylic acids is 1. The maximum Gasteiger partial charge on any atom is 0.259 e. The molecule has 138 valence electrons. The molecule has 0 aliphatic rings. The minimum Gasteiger partial charge on any atom is -0.310 e. The van der Waals surface area contributed by atoms with E-state index in [1.807, 2.05) is 69.3 Å². The fourth-order valence-corrected chi connectivity index (χ4v) is 3.12. The second-order valence-electron chi connectivity index (χ2n) is 6.71. The Morgan fingerprint density at radius 1 is 0.963 bits per heavy atom. The zero-order chi connectivity index (χ0) is 19.4. The smallest absolute Gasteiger partial charge is 0.259 e. The standard InChI is InChI=1S/C23H24N2O2/c1-4-25(21-8-6-5-7-18(21)3)23(27)20-13-14-22(26)24(16-20)15-19-11-9-17(2)10-12-19/h5-14,16H,4,15H2,1-3H3. The quantitative estimate of drug-likeness (QED) is 0.685. The van der Waals surface area contributed by atoms with E-state index in [9.17, 15) is 9.59 Å². The van der Waals surface area contributed by atoms with Gasteiger partial charge in [0.25, 0.3) is 11.5 Å². The Hall–Kier alpha value is -3.14. The minimum absolute atomic E-state index is 0.107. The monoisotopic (exact) mass is 360 g/mol. The molecule has 4 heteroatoms. The molecule has 0 aliphatic heterocycles. The van der Waals surface area contributed by atoms with Gasteiger partial charge in [-0.05, 0) is 44.0 Å². The molecule has 1 amide bonds. The van der Waals surface area contributed by atoms with Gasteiger partial charge in [0, 0.05) is 24.5 Å². The summed E-state index contributed by atoms with van der Waals surface area (Å²) >= 11 is 0. The molecular formula is C23H24N2O2. The van der Waals surface area contributed by atoms with Crippen molar-refractivity contribution < 1.29 is 4.79 Å². The number of benzene rings is 2. The number of anilines is 1. The van der Waals surface area contributed by atoms with E-state index in [1.165, 1.54) is 11.6 Å². The van der Waals surface area contributed by atoms with Crippen molar-refractivity contribution in [2.75, 3.05) is 11.4 Å². The van der Waals surface area contributed by atoms with Crippen LogP contribution in [-0.4, -0.2) is 17.0 Å². The SMILES string of the molecule is CCN(C(=O)c1ccc(=O)n(Cc2ccc(C)cc2)c1)c1ccccc1C. The van der Waals surface area contributed by atoms with Gasteiger partial charge in [0.05, 0.1) is 12.1 Å². The summed E-state index contributed by atoms with van der Waals surface area (Å²) < 4.78 is 1.59. The number of carbonyl (C=O) groups is 1. The summed E-state index contributed by atoms with van der Waals surface area (Å²) in [6, 6.07) is 18.9. The number of hydrogen-bond acceptors (Lipinski definition) is 2. The van der Waals surface area contributed by atoms with E-state index in [4.69, 9.17) is 0 Å². The number of para-hydroxylation sites is 1. The summed E-state index contributed by atoms with van der Waals surface area (Å²) in [5, 5.41) is 0. The van der Waals surface area contributed by atoms with Gasteiger partial charge in [0.2, 0.25) is 0 Å². The number of pyridine rings is 1. The van der Waals surface area contributed by atoms with Crippen LogP contribution in [0.25, 0.3) is 0 Å². The molecule has 0 fully saturated rings. The number of rotatable bonds is 5. The Kier molecular flexibility index (Phi) is 5.55. The molecule has 0 bridgehead atoms. The molecule has 2 aromatic carbocycles. The van der Waals surface area contributed by atoms with Gasteiger partial charge in [-0.1, -0.05) is 48.0 Å². The van der Waals surface area contributed by atoms with Gasteiger partial charge in [-0.25, -0.2) is 0 Å². The number of hydrogen-bond donors (Lipinski definition) is 0. The van der Waals surface area contributed by atoms with Crippen molar-refractivity contribution in [1.29, 1.82) is 0 Å². The van der Waals surface area contributed by atoms with Crippen LogP contribution in [0.15, 0.2) is 71.7 Å². The molecule has 0 spiro atoms. The van der Waals surface area contributed by atoms with Crippen molar-refractivity contribution in [2.45, 2.75) is 27.3 Å². The third-order valence-corrected chi connectivity index (χ3v) is 4.67. The van der Waals surface area contributed by atoms with Crippen LogP contribution < -0.4 is 10.5 Å². The Morgan fingerprint density at radius 2 is 1.67 bits per heavy atom. The van der Waals surface area contributed by atoms with Crippen LogP contribution in [0, 0.1) is 13.8 Å². The van der Waals surface area contributed by atoms with Gasteiger partial charge in [-0.15, -0.1) is 0 Å². The second kappa shape index (κ2) is 8.04. The first-order valence-corrected chi connectivity index (χ1v) is 9.13. The van der Waals surface area contributed by atoms with E-state index in [0.29, 0.717) is 18.7 Å². The predicted octanol–water partition coefficient (Wildman–Crippen LogP) is 4.18. The van der Waals surface area contributed by atoms with Crippen LogP contribution in [0.2, 0.25) is 0 Å². The molecule has 0 unspecified atom stereocenters. The first kappa shape index (κ1) is 18.6. The van der Waals surface area contributed by atoms with Gasteiger partial charge in [-0.3, -0.25) is 9.59 Å². The van der Waals surface area contributed by atoms with E-state index < -0.39 is 0 Å². The van der Waals surface area contributed by atoms with Gasteiger partial charge < -0.3 is 9.47 Å². The van der Waals surface area contributed by atoms with Crippen molar-refractivity contribution in [3.63, 3.8) is 0 Å². The summed E-state index contributed by atoms with van der Waals surface area (Å²) in [5.74, 6) is -0.107. The largest absolute Gasteiger partial charge is 0.310 e. The zero-order valence-corrected chi connectivity index (χ0v) is 16.0. The van der Waals surface area contributed by atoms with Crippen LogP contribution in [0.1, 0.15) is 34.0 Å². The highest BCUT2D eigenvalue weighted by Crippen LogP contribution is 2.21. The molecule has 0 atom stereocenters. The van der Waals surface area contributed by atoms with E-state index in [0.717, 1.165) is 16.8 Å². The van der Waals surface area contributed by atoms with E-state index in [2.05, 4.69) is 0 Å². The Morgan fingerprint density at radius 3 is 2.33 bits per heavy atom. The first-order valence-electron chi connectivity index (χ1n) is 9.13. The molecule has 3 aromatic rings. The third-order valence-electron chi connectivity index (χ3n) is 4.67. The van der Waals surface area contributed by atoms with Crippen molar-refractivity contribution in [3.05, 3.63) is 99.5 Å². The van der Waals surface area contributed by atoms with E-state index in [-0.39, 0.29) is 11.5 Å². The fraction of sp³-hybridized carbons (Fsp3) is 0.217. The van der Waals surface area contributed by atoms with Crippen LogP contribution in [-0.2, 0) is 6.54 Å². The molecule has 0 N–H and O–H groups in total. The molecule has 0 saturated carbocycles. The van der Waals surface area contributed by atoms with E-state index in [1.54, 1.807) is 21.7 Å². The van der Waals surface area contributed by atoms with Gasteiger partial charge >= 0.3 is 0 Å². The Labute approximate surface area is 159 Å². The molecule has 3 rings (SSSR count). The summed E-state index contributed by atoms with van der Waals surface area (Å²) in [7, 11) is 0. The van der Waals surface area contributed by atoms with Crippen LogP contribution in [0.4, 0.5) is 5.69 Å². The molecule has 1 aromatic heterocycles. The minimum atomic E-state index is -0.119. The molecule has 1 heterocycles. The van der Waals surface area contributed by atoms with Crippen molar-refractivity contribution in [1.82, 2.24) is 4.57 Å². The van der Waals surface area contributed by atoms with Gasteiger partial charge in [0.15, 0.2) is 0 Å². The van der Waals surface area contributed by atoms with E-state index >= 15 is 0 Å². The highest BCUT2D eigenvalue weighted by Gasteiger charge is 2.18. The lowest BCUT2D eigenvalue weighted by molar-refractivity contribution is 0.0987. The van der Waals surface area contributed by atoms with Crippen LogP contribution >= 0.6 is 0 Å². The van der Waals surface area contributed by atoms with Crippen LogP contribution in [0.3, 0.4) is 0 Å². The molecule has 27 heavy (non-hydrogen) atoms. The lowest BCUT2D eigenvalue weighted by Gasteiger charge is -2.23. The molecule has 0 radical (unpaired) electrons. The number of amides is 1. The number of nitrogens with zero attached hydrogens (tertiary/aromatic N) is 2. The molecule has 0 saturated heterocycles. The maximum absolute atomic E-state index is 13.1. The molecular weight excluding hydrogens is 336 g/mol. The normalized spacial score (nSPS) is 10.6. The fourth-order valence-electron chi connectivity index (χ4n) is 3.12. The Balaban J connectivity index is 1.92. The number of aryl methyl sites for hydroxylation is 2. The van der Waals surface area contributed by atoms with Gasteiger partial charge in [-0.2, -0.15) is 0 Å². The predicted molar refractivity (Wildman–Crippen MR) is 110 cm³/mol. The van der Waals surface area contributed by atoms with Crippen LogP contribution in [0.5, 0.6) is 0 Å². The topological polar surface area (TPSA) is 42.3 Å². The van der Waals surface area contributed by atoms with Gasteiger partial charge in [0.1, 0.15) is 0 Å². The van der Waals surface area contributed by atoms with Crippen molar-refractivity contribution in [3.8, 4) is 0 Å². The van der Waals surface area contributed by atoms with Crippen molar-refractivity contribution in [2.24, 2.45) is 0 Å². The first-order chi connectivity index (χ1) is 13.0. The summed E-state index contributed by atoms with van der Waals surface area (Å²) in [5.41, 5.74) is 4.52. The lowest BCUT2D eigenvalue weighted by atomic mass is 10.1. The van der Waals surface area contributed by atoms with Crippen molar-refractivity contribution >= 4 is 11.6 Å². The lowest BCUT2D eigenvalue weighted by Crippen LogP contribution is -2.32. The molecule has 4 nitrogen and oxygen atoms in total. The second-order valence-corrected chi connectivity index (χ2v) is 6.71. The third kappa shape index (κ3) is 4.17. The highest BCUT2D eigenvalue weighted by molar-refractivity contribution is 6.06.